The van der Waals surface area contributed by atoms with Gasteiger partial charge in [0.05, 0.1) is 19.1 Å². The Morgan fingerprint density at radius 3 is 2.83 bits per heavy atom. The Hall–Kier alpha value is -1.81. The summed E-state index contributed by atoms with van der Waals surface area (Å²) in [4.78, 5) is 4.23. The summed E-state index contributed by atoms with van der Waals surface area (Å²) in [6.07, 6.45) is 2.82. The molecule has 1 aromatic heterocycles. The number of rotatable bonds is 4. The van der Waals surface area contributed by atoms with Gasteiger partial charge < -0.3 is 14.4 Å². The van der Waals surface area contributed by atoms with Crippen LogP contribution in [0.1, 0.15) is 29.8 Å². The number of aromatic nitrogens is 2. The lowest BCUT2D eigenvalue weighted by molar-refractivity contribution is 0.210. The number of aliphatic hydroxyl groups excluding tert-OH is 1. The second-order valence-corrected chi connectivity index (χ2v) is 4.28. The minimum atomic E-state index is -0.757. The number of aliphatic hydroxyl groups is 1. The smallest absolute Gasteiger partial charge is 0.126 e. The van der Waals surface area contributed by atoms with Crippen molar-refractivity contribution in [2.24, 2.45) is 0 Å². The lowest BCUT2D eigenvalue weighted by Gasteiger charge is -2.13. The fourth-order valence-corrected chi connectivity index (χ4v) is 1.92. The lowest BCUT2D eigenvalue weighted by Crippen LogP contribution is -2.03. The van der Waals surface area contributed by atoms with E-state index in [1.807, 2.05) is 42.8 Å². The van der Waals surface area contributed by atoms with Crippen LogP contribution in [0.15, 0.2) is 30.7 Å². The molecule has 0 amide bonds. The molecule has 4 nitrogen and oxygen atoms in total. The zero-order chi connectivity index (χ0) is 13.1. The summed E-state index contributed by atoms with van der Waals surface area (Å²) in [5.41, 5.74) is 2.47. The van der Waals surface area contributed by atoms with E-state index < -0.39 is 6.10 Å². The van der Waals surface area contributed by atoms with Crippen LogP contribution in [0.3, 0.4) is 0 Å². The van der Waals surface area contributed by atoms with Crippen LogP contribution in [0.4, 0.5) is 0 Å². The Bertz CT molecular complexity index is 534. The topological polar surface area (TPSA) is 47.3 Å². The van der Waals surface area contributed by atoms with Crippen LogP contribution in [0.5, 0.6) is 5.75 Å². The Labute approximate surface area is 107 Å². The van der Waals surface area contributed by atoms with Gasteiger partial charge in [0.1, 0.15) is 11.9 Å². The first kappa shape index (κ1) is 12.6. The van der Waals surface area contributed by atoms with Gasteiger partial charge in [-0.3, -0.25) is 0 Å². The van der Waals surface area contributed by atoms with Crippen LogP contribution >= 0.6 is 0 Å². The number of nitrogens with zero attached hydrogens (tertiary/aromatic N) is 2. The second kappa shape index (κ2) is 5.23. The van der Waals surface area contributed by atoms with E-state index in [4.69, 9.17) is 4.74 Å². The lowest BCUT2D eigenvalue weighted by atomic mass is 10.0. The third-order valence-electron chi connectivity index (χ3n) is 2.98. The van der Waals surface area contributed by atoms with Gasteiger partial charge in [-0.2, -0.15) is 0 Å². The van der Waals surface area contributed by atoms with E-state index in [0.717, 1.165) is 17.7 Å². The van der Waals surface area contributed by atoms with Crippen LogP contribution in [0.25, 0.3) is 0 Å². The molecule has 0 bridgehead atoms. The highest BCUT2D eigenvalue weighted by Crippen LogP contribution is 2.29. The van der Waals surface area contributed by atoms with Crippen LogP contribution < -0.4 is 4.74 Å². The molecule has 96 valence electrons. The maximum absolute atomic E-state index is 10.4. The van der Waals surface area contributed by atoms with Crippen molar-refractivity contribution in [3.05, 3.63) is 47.5 Å². The van der Waals surface area contributed by atoms with Gasteiger partial charge in [0.2, 0.25) is 0 Å². The minimum Gasteiger partial charge on any atom is -0.496 e. The van der Waals surface area contributed by atoms with Crippen LogP contribution in [-0.4, -0.2) is 21.8 Å². The second-order valence-electron chi connectivity index (χ2n) is 4.28. The quantitative estimate of drug-likeness (QED) is 0.900. The van der Waals surface area contributed by atoms with Crippen molar-refractivity contribution < 1.29 is 9.84 Å². The minimum absolute atomic E-state index is 0.640. The molecular weight excluding hydrogens is 228 g/mol. The Morgan fingerprint density at radius 2 is 2.22 bits per heavy atom. The van der Waals surface area contributed by atoms with E-state index in [-0.39, 0.29) is 0 Å². The zero-order valence-electron chi connectivity index (χ0n) is 10.9. The summed E-state index contributed by atoms with van der Waals surface area (Å²) in [5.74, 6) is 0.680. The van der Waals surface area contributed by atoms with E-state index in [1.54, 1.807) is 13.4 Å². The van der Waals surface area contributed by atoms with Gasteiger partial charge in [-0.25, -0.2) is 4.98 Å². The van der Waals surface area contributed by atoms with Gasteiger partial charge >= 0.3 is 0 Å². The molecule has 0 saturated heterocycles. The predicted molar refractivity (Wildman–Crippen MR) is 69.7 cm³/mol. The van der Waals surface area contributed by atoms with Gasteiger partial charge in [0, 0.05) is 18.3 Å². The molecule has 1 unspecified atom stereocenters. The predicted octanol–water partition coefficient (Wildman–Crippen LogP) is 2.30. The average molecular weight is 246 g/mol. The molecule has 0 fully saturated rings. The first-order valence-corrected chi connectivity index (χ1v) is 6.00. The molecule has 0 radical (unpaired) electrons. The molecule has 4 heteroatoms. The molecule has 0 saturated carbocycles. The van der Waals surface area contributed by atoms with E-state index in [2.05, 4.69) is 4.98 Å². The highest BCUT2D eigenvalue weighted by atomic mass is 16.5. The van der Waals surface area contributed by atoms with E-state index in [0.29, 0.717) is 11.4 Å². The van der Waals surface area contributed by atoms with Crippen molar-refractivity contribution in [3.63, 3.8) is 0 Å². The number of methoxy groups -OCH3 is 1. The standard InChI is InChI=1S/C14H18N2O2/c1-4-16-8-12(15-9-16)14(17)11-7-10(2)5-6-13(11)18-3/h5-9,14,17H,4H2,1-3H3. The van der Waals surface area contributed by atoms with Crippen LogP contribution in [0, 0.1) is 6.92 Å². The first-order chi connectivity index (χ1) is 8.65. The molecule has 0 aliphatic carbocycles. The fourth-order valence-electron chi connectivity index (χ4n) is 1.92. The van der Waals surface area contributed by atoms with Crippen molar-refractivity contribution >= 4 is 0 Å². The third-order valence-corrected chi connectivity index (χ3v) is 2.98. The largest absolute Gasteiger partial charge is 0.496 e. The van der Waals surface area contributed by atoms with Crippen molar-refractivity contribution in [1.82, 2.24) is 9.55 Å². The van der Waals surface area contributed by atoms with Crippen molar-refractivity contribution in [3.8, 4) is 5.75 Å². The van der Waals surface area contributed by atoms with Gasteiger partial charge in [0.15, 0.2) is 0 Å². The van der Waals surface area contributed by atoms with E-state index >= 15 is 0 Å². The number of aryl methyl sites for hydroxylation is 2. The van der Waals surface area contributed by atoms with E-state index in [9.17, 15) is 5.11 Å². The average Bonchev–Trinajstić information content (AvgIpc) is 2.86. The molecular formula is C14H18N2O2. The molecule has 2 aromatic rings. The number of hydrogen-bond acceptors (Lipinski definition) is 3. The van der Waals surface area contributed by atoms with Crippen molar-refractivity contribution in [2.75, 3.05) is 7.11 Å². The molecule has 1 aromatic carbocycles. The molecule has 0 spiro atoms. The van der Waals surface area contributed by atoms with Gasteiger partial charge in [-0.05, 0) is 26.0 Å². The summed E-state index contributed by atoms with van der Waals surface area (Å²) < 4.78 is 7.21. The van der Waals surface area contributed by atoms with Crippen molar-refractivity contribution in [2.45, 2.75) is 26.5 Å². The maximum Gasteiger partial charge on any atom is 0.126 e. The van der Waals surface area contributed by atoms with Gasteiger partial charge in [-0.1, -0.05) is 11.6 Å². The number of ether oxygens (including phenoxy) is 1. The summed E-state index contributed by atoms with van der Waals surface area (Å²) in [6, 6.07) is 5.75. The first-order valence-electron chi connectivity index (χ1n) is 6.00. The molecule has 1 N–H and O–H groups in total. The fraction of sp³-hybridized carbons (Fsp3) is 0.357. The normalized spacial score (nSPS) is 12.4. The molecule has 2 rings (SSSR count). The summed E-state index contributed by atoms with van der Waals surface area (Å²) >= 11 is 0. The SMILES string of the molecule is CCn1cnc(C(O)c2cc(C)ccc2OC)c1. The van der Waals surface area contributed by atoms with Crippen molar-refractivity contribution in [1.29, 1.82) is 0 Å². The molecule has 1 atom stereocenters. The molecule has 0 aliphatic rings. The molecule has 0 aliphatic heterocycles. The maximum atomic E-state index is 10.4. The van der Waals surface area contributed by atoms with E-state index in [1.165, 1.54) is 0 Å². The Balaban J connectivity index is 2.38. The summed E-state index contributed by atoms with van der Waals surface area (Å²) in [6.45, 7) is 4.86. The zero-order valence-corrected chi connectivity index (χ0v) is 10.9. The summed E-state index contributed by atoms with van der Waals surface area (Å²) in [7, 11) is 1.60. The highest BCUT2D eigenvalue weighted by molar-refractivity contribution is 5.41. The highest BCUT2D eigenvalue weighted by Gasteiger charge is 2.17. The van der Waals surface area contributed by atoms with Gasteiger partial charge in [0.25, 0.3) is 0 Å². The van der Waals surface area contributed by atoms with Gasteiger partial charge in [-0.15, -0.1) is 0 Å². The number of imidazole rings is 1. The third kappa shape index (κ3) is 2.38. The van der Waals surface area contributed by atoms with Crippen LogP contribution in [0.2, 0.25) is 0 Å². The Kier molecular flexibility index (Phi) is 3.67. The monoisotopic (exact) mass is 246 g/mol. The number of hydrogen-bond donors (Lipinski definition) is 1. The Morgan fingerprint density at radius 1 is 1.44 bits per heavy atom. The molecule has 18 heavy (non-hydrogen) atoms. The number of benzene rings is 1. The molecule has 1 heterocycles. The van der Waals surface area contributed by atoms with Crippen LogP contribution in [-0.2, 0) is 6.54 Å². The summed E-state index contributed by atoms with van der Waals surface area (Å²) in [5, 5.41) is 10.4.